The van der Waals surface area contributed by atoms with Crippen LogP contribution in [0.1, 0.15) is 32.6 Å². The van der Waals surface area contributed by atoms with Gasteiger partial charge in [0.1, 0.15) is 0 Å². The number of nitrogens with one attached hydrogen (secondary N) is 1. The monoisotopic (exact) mass is 255 g/mol. The molecule has 1 aliphatic heterocycles. The number of amides is 1. The van der Waals surface area contributed by atoms with E-state index in [2.05, 4.69) is 17.1 Å². The Hall–Kier alpha value is -0.610. The molecule has 1 N–H and O–H groups in total. The summed E-state index contributed by atoms with van der Waals surface area (Å²) in [5, 5.41) is 3.51. The predicted octanol–water partition coefficient (Wildman–Crippen LogP) is 1.18. The average Bonchev–Trinajstić information content (AvgIpc) is 2.37. The second kappa shape index (κ2) is 8.48. The van der Waals surface area contributed by atoms with Crippen LogP contribution in [0.3, 0.4) is 0 Å². The third-order valence-corrected chi connectivity index (χ3v) is 3.71. The van der Waals surface area contributed by atoms with Gasteiger partial charge in [0.25, 0.3) is 0 Å². The fraction of sp³-hybridized carbons (Fsp3) is 0.929. The molecule has 0 aliphatic carbocycles. The number of hydrogen-bond donors (Lipinski definition) is 1. The van der Waals surface area contributed by atoms with E-state index in [0.29, 0.717) is 6.42 Å². The average molecular weight is 255 g/mol. The van der Waals surface area contributed by atoms with Gasteiger partial charge in [-0.3, -0.25) is 4.79 Å². The van der Waals surface area contributed by atoms with Gasteiger partial charge < -0.3 is 15.1 Å². The first kappa shape index (κ1) is 15.4. The van der Waals surface area contributed by atoms with E-state index in [1.807, 2.05) is 14.1 Å². The molecule has 1 saturated heterocycles. The summed E-state index contributed by atoms with van der Waals surface area (Å²) in [6, 6.07) is 0. The van der Waals surface area contributed by atoms with Gasteiger partial charge in [0.2, 0.25) is 5.91 Å². The molecule has 0 radical (unpaired) electrons. The first-order valence-corrected chi connectivity index (χ1v) is 7.26. The number of piperidine rings is 1. The van der Waals surface area contributed by atoms with Gasteiger partial charge in [-0.25, -0.2) is 0 Å². The fourth-order valence-electron chi connectivity index (χ4n) is 2.37. The van der Waals surface area contributed by atoms with Crippen LogP contribution in [0.5, 0.6) is 0 Å². The molecule has 1 rings (SSSR count). The standard InChI is InChI=1S/C14H29N3O/c1-4-8-15-12-13-5-9-17(10-6-13)11-7-14(18)16(2)3/h13,15H,4-12H2,1-3H3. The van der Waals surface area contributed by atoms with Crippen molar-refractivity contribution >= 4 is 5.91 Å². The van der Waals surface area contributed by atoms with Gasteiger partial charge >= 0.3 is 0 Å². The smallest absolute Gasteiger partial charge is 0.223 e. The van der Waals surface area contributed by atoms with E-state index in [4.69, 9.17) is 0 Å². The Kier molecular flexibility index (Phi) is 7.28. The van der Waals surface area contributed by atoms with E-state index in [1.165, 1.54) is 19.3 Å². The molecular weight excluding hydrogens is 226 g/mol. The zero-order valence-electron chi connectivity index (χ0n) is 12.2. The molecule has 0 aromatic rings. The predicted molar refractivity (Wildman–Crippen MR) is 75.6 cm³/mol. The lowest BCUT2D eigenvalue weighted by Gasteiger charge is -2.32. The number of carbonyl (C=O) groups is 1. The zero-order chi connectivity index (χ0) is 13.4. The van der Waals surface area contributed by atoms with E-state index in [0.717, 1.165) is 38.6 Å². The van der Waals surface area contributed by atoms with E-state index >= 15 is 0 Å². The Morgan fingerprint density at radius 2 is 2.00 bits per heavy atom. The lowest BCUT2D eigenvalue weighted by Crippen LogP contribution is -2.39. The molecule has 4 heteroatoms. The van der Waals surface area contributed by atoms with Gasteiger partial charge in [-0.15, -0.1) is 0 Å². The highest BCUT2D eigenvalue weighted by Gasteiger charge is 2.19. The summed E-state index contributed by atoms with van der Waals surface area (Å²) in [7, 11) is 3.65. The second-order valence-electron chi connectivity index (χ2n) is 5.53. The van der Waals surface area contributed by atoms with Crippen molar-refractivity contribution in [3.8, 4) is 0 Å². The molecule has 1 fully saturated rings. The minimum atomic E-state index is 0.238. The highest BCUT2D eigenvalue weighted by Crippen LogP contribution is 2.16. The molecule has 106 valence electrons. The normalized spacial score (nSPS) is 17.9. The van der Waals surface area contributed by atoms with Crippen LogP contribution < -0.4 is 5.32 Å². The molecule has 0 atom stereocenters. The van der Waals surface area contributed by atoms with Crippen LogP contribution in [-0.4, -0.2) is 62.5 Å². The minimum absolute atomic E-state index is 0.238. The summed E-state index contributed by atoms with van der Waals surface area (Å²) in [4.78, 5) is 15.6. The summed E-state index contributed by atoms with van der Waals surface area (Å²) in [6.07, 6.45) is 4.41. The Bertz CT molecular complexity index is 235. The van der Waals surface area contributed by atoms with Crippen LogP contribution in [-0.2, 0) is 4.79 Å². The van der Waals surface area contributed by atoms with Gasteiger partial charge in [0, 0.05) is 27.1 Å². The third kappa shape index (κ3) is 5.83. The molecule has 0 aromatic heterocycles. The number of hydrogen-bond acceptors (Lipinski definition) is 3. The SMILES string of the molecule is CCCNCC1CCN(CCC(=O)N(C)C)CC1. The van der Waals surface area contributed by atoms with Gasteiger partial charge in [0.15, 0.2) is 0 Å². The maximum Gasteiger partial charge on any atom is 0.223 e. The first-order chi connectivity index (χ1) is 8.63. The third-order valence-electron chi connectivity index (χ3n) is 3.71. The van der Waals surface area contributed by atoms with Crippen LogP contribution in [0.4, 0.5) is 0 Å². The molecule has 0 saturated carbocycles. The molecule has 1 heterocycles. The molecule has 18 heavy (non-hydrogen) atoms. The Morgan fingerprint density at radius 1 is 1.33 bits per heavy atom. The fourth-order valence-corrected chi connectivity index (χ4v) is 2.37. The molecule has 0 bridgehead atoms. The largest absolute Gasteiger partial charge is 0.349 e. The quantitative estimate of drug-likeness (QED) is 0.694. The van der Waals surface area contributed by atoms with Crippen molar-refractivity contribution < 1.29 is 4.79 Å². The summed E-state index contributed by atoms with van der Waals surface area (Å²) in [5.74, 6) is 1.07. The van der Waals surface area contributed by atoms with Crippen LogP contribution in [0.15, 0.2) is 0 Å². The topological polar surface area (TPSA) is 35.6 Å². The molecule has 0 aromatic carbocycles. The van der Waals surface area contributed by atoms with Gasteiger partial charge in [0.05, 0.1) is 0 Å². The number of rotatable bonds is 7. The summed E-state index contributed by atoms with van der Waals surface area (Å²) in [6.45, 7) is 7.73. The van der Waals surface area contributed by atoms with Crippen molar-refractivity contribution in [2.45, 2.75) is 32.6 Å². The molecule has 0 spiro atoms. The van der Waals surface area contributed by atoms with E-state index in [-0.39, 0.29) is 5.91 Å². The zero-order valence-corrected chi connectivity index (χ0v) is 12.2. The minimum Gasteiger partial charge on any atom is -0.349 e. The van der Waals surface area contributed by atoms with Crippen LogP contribution in [0.25, 0.3) is 0 Å². The Labute approximate surface area is 112 Å². The molecule has 0 unspecified atom stereocenters. The number of carbonyl (C=O) groups excluding carboxylic acids is 1. The Balaban J connectivity index is 2.10. The lowest BCUT2D eigenvalue weighted by molar-refractivity contribution is -0.129. The van der Waals surface area contributed by atoms with E-state index in [1.54, 1.807) is 4.90 Å². The Morgan fingerprint density at radius 3 is 2.56 bits per heavy atom. The highest BCUT2D eigenvalue weighted by molar-refractivity contribution is 5.75. The van der Waals surface area contributed by atoms with Crippen LogP contribution in [0.2, 0.25) is 0 Å². The van der Waals surface area contributed by atoms with Crippen molar-refractivity contribution in [2.75, 3.05) is 46.8 Å². The van der Waals surface area contributed by atoms with Crippen molar-refractivity contribution in [1.29, 1.82) is 0 Å². The maximum atomic E-state index is 11.5. The second-order valence-corrected chi connectivity index (χ2v) is 5.53. The lowest BCUT2D eigenvalue weighted by atomic mass is 9.96. The number of likely N-dealkylation sites (tertiary alicyclic amines) is 1. The molecule has 4 nitrogen and oxygen atoms in total. The summed E-state index contributed by atoms with van der Waals surface area (Å²) < 4.78 is 0. The summed E-state index contributed by atoms with van der Waals surface area (Å²) >= 11 is 0. The summed E-state index contributed by atoms with van der Waals surface area (Å²) in [5.41, 5.74) is 0. The molecule has 1 aliphatic rings. The first-order valence-electron chi connectivity index (χ1n) is 7.26. The van der Waals surface area contributed by atoms with Crippen molar-refractivity contribution in [1.82, 2.24) is 15.1 Å². The van der Waals surface area contributed by atoms with Gasteiger partial charge in [-0.1, -0.05) is 6.92 Å². The van der Waals surface area contributed by atoms with Crippen molar-refractivity contribution in [2.24, 2.45) is 5.92 Å². The van der Waals surface area contributed by atoms with Crippen molar-refractivity contribution in [3.05, 3.63) is 0 Å². The van der Waals surface area contributed by atoms with E-state index in [9.17, 15) is 4.79 Å². The molecular formula is C14H29N3O. The maximum absolute atomic E-state index is 11.5. The highest BCUT2D eigenvalue weighted by atomic mass is 16.2. The van der Waals surface area contributed by atoms with Crippen molar-refractivity contribution in [3.63, 3.8) is 0 Å². The van der Waals surface area contributed by atoms with Gasteiger partial charge in [-0.2, -0.15) is 0 Å². The number of nitrogens with zero attached hydrogens (tertiary/aromatic N) is 2. The van der Waals surface area contributed by atoms with E-state index < -0.39 is 0 Å². The van der Waals surface area contributed by atoms with Crippen LogP contribution in [0, 0.1) is 5.92 Å². The van der Waals surface area contributed by atoms with Crippen LogP contribution >= 0.6 is 0 Å². The van der Waals surface area contributed by atoms with Gasteiger partial charge in [-0.05, 0) is 51.4 Å². The molecule has 1 amide bonds.